The fourth-order valence-electron chi connectivity index (χ4n) is 1.62. The van der Waals surface area contributed by atoms with Crippen molar-refractivity contribution in [2.24, 2.45) is 0 Å². The first kappa shape index (κ1) is 12.0. The minimum absolute atomic E-state index is 0.00619. The first-order chi connectivity index (χ1) is 8.50. The van der Waals surface area contributed by atoms with Crippen LogP contribution in [0.1, 0.15) is 10.4 Å². The molecule has 2 aromatic rings. The maximum atomic E-state index is 10.9. The van der Waals surface area contributed by atoms with Crippen LogP contribution in [0.25, 0.3) is 5.69 Å². The van der Waals surface area contributed by atoms with Crippen molar-refractivity contribution in [3.05, 3.63) is 36.0 Å². The summed E-state index contributed by atoms with van der Waals surface area (Å²) in [7, 11) is 3.89. The second kappa shape index (κ2) is 4.40. The molecule has 0 unspecified atom stereocenters. The predicted octanol–water partition coefficient (Wildman–Crippen LogP) is 1.22. The first-order valence-corrected chi connectivity index (χ1v) is 5.35. The van der Waals surface area contributed by atoms with Gasteiger partial charge in [0.1, 0.15) is 11.4 Å². The van der Waals surface area contributed by atoms with Crippen LogP contribution in [0, 0.1) is 0 Å². The van der Waals surface area contributed by atoms with Gasteiger partial charge in [0.05, 0.1) is 11.9 Å². The zero-order chi connectivity index (χ0) is 13.3. The van der Waals surface area contributed by atoms with Crippen molar-refractivity contribution in [2.75, 3.05) is 24.7 Å². The van der Waals surface area contributed by atoms with Crippen LogP contribution in [0.4, 0.5) is 11.5 Å². The van der Waals surface area contributed by atoms with Gasteiger partial charge >= 0.3 is 5.97 Å². The molecule has 0 aliphatic rings. The maximum Gasteiger partial charge on any atom is 0.341 e. The number of hydrogen-bond acceptors (Lipinski definition) is 4. The van der Waals surface area contributed by atoms with Gasteiger partial charge in [0.15, 0.2) is 0 Å². The summed E-state index contributed by atoms with van der Waals surface area (Å²) in [5.41, 5.74) is 7.52. The van der Waals surface area contributed by atoms with E-state index in [2.05, 4.69) is 5.10 Å². The Labute approximate surface area is 104 Å². The summed E-state index contributed by atoms with van der Waals surface area (Å²) in [6.07, 6.45) is 1.25. The second-order valence-corrected chi connectivity index (χ2v) is 4.07. The Hall–Kier alpha value is -2.50. The molecule has 0 aliphatic heterocycles. The minimum atomic E-state index is -1.08. The number of aromatic nitrogens is 2. The molecule has 0 spiro atoms. The molecule has 1 aromatic heterocycles. The molecule has 1 heterocycles. The Balaban J connectivity index is 2.40. The van der Waals surface area contributed by atoms with Gasteiger partial charge < -0.3 is 15.7 Å². The second-order valence-electron chi connectivity index (χ2n) is 4.07. The normalized spacial score (nSPS) is 10.3. The average Bonchev–Trinajstić information content (AvgIpc) is 2.71. The number of carbonyl (C=O) groups is 1. The topological polar surface area (TPSA) is 84.4 Å². The van der Waals surface area contributed by atoms with Gasteiger partial charge in [0, 0.05) is 19.8 Å². The third kappa shape index (κ3) is 2.00. The molecular formula is C12H14N4O2. The van der Waals surface area contributed by atoms with Gasteiger partial charge in [0.2, 0.25) is 0 Å². The quantitative estimate of drug-likeness (QED) is 0.850. The van der Waals surface area contributed by atoms with Crippen LogP contribution in [-0.4, -0.2) is 35.0 Å². The largest absolute Gasteiger partial charge is 0.477 e. The van der Waals surface area contributed by atoms with Crippen molar-refractivity contribution < 1.29 is 9.90 Å². The lowest BCUT2D eigenvalue weighted by Gasteiger charge is -2.13. The van der Waals surface area contributed by atoms with Gasteiger partial charge in [0.25, 0.3) is 0 Å². The monoisotopic (exact) mass is 246 g/mol. The summed E-state index contributed by atoms with van der Waals surface area (Å²) >= 11 is 0. The molecular weight excluding hydrogens is 232 g/mol. The van der Waals surface area contributed by atoms with Crippen molar-refractivity contribution in [2.45, 2.75) is 0 Å². The van der Waals surface area contributed by atoms with Gasteiger partial charge in [-0.3, -0.25) is 0 Å². The number of nitrogens with two attached hydrogens (primary N) is 1. The maximum absolute atomic E-state index is 10.9. The summed E-state index contributed by atoms with van der Waals surface area (Å²) in [6.45, 7) is 0. The minimum Gasteiger partial charge on any atom is -0.477 e. The molecule has 18 heavy (non-hydrogen) atoms. The molecule has 2 rings (SSSR count). The smallest absolute Gasteiger partial charge is 0.341 e. The Morgan fingerprint density at radius 3 is 2.39 bits per heavy atom. The Bertz CT molecular complexity index is 572. The number of aromatic carboxylic acids is 1. The van der Waals surface area contributed by atoms with Crippen molar-refractivity contribution in [3.8, 4) is 5.69 Å². The summed E-state index contributed by atoms with van der Waals surface area (Å²) in [5.74, 6) is -0.955. The van der Waals surface area contributed by atoms with E-state index in [1.54, 1.807) is 0 Å². The van der Waals surface area contributed by atoms with E-state index in [4.69, 9.17) is 10.8 Å². The van der Waals surface area contributed by atoms with Gasteiger partial charge in [-0.1, -0.05) is 0 Å². The number of hydrogen-bond donors (Lipinski definition) is 2. The SMILES string of the molecule is CN(C)c1ccc(-n2ncc(C(=O)O)c2N)cc1. The predicted molar refractivity (Wildman–Crippen MR) is 69.3 cm³/mol. The summed E-state index contributed by atoms with van der Waals surface area (Å²) in [6, 6.07) is 7.50. The number of anilines is 2. The third-order valence-electron chi connectivity index (χ3n) is 2.65. The lowest BCUT2D eigenvalue weighted by Crippen LogP contribution is -2.09. The highest BCUT2D eigenvalue weighted by molar-refractivity contribution is 5.92. The van der Waals surface area contributed by atoms with E-state index in [1.807, 2.05) is 43.3 Å². The van der Waals surface area contributed by atoms with Crippen LogP contribution in [0.5, 0.6) is 0 Å². The molecule has 0 saturated heterocycles. The molecule has 0 bridgehead atoms. The van der Waals surface area contributed by atoms with E-state index in [9.17, 15) is 4.79 Å². The van der Waals surface area contributed by atoms with Crippen molar-refractivity contribution in [1.82, 2.24) is 9.78 Å². The number of carboxylic acids is 1. The lowest BCUT2D eigenvalue weighted by atomic mass is 10.2. The van der Waals surface area contributed by atoms with Crippen molar-refractivity contribution in [1.29, 1.82) is 0 Å². The Kier molecular flexibility index (Phi) is 2.93. The van der Waals surface area contributed by atoms with Gasteiger partial charge in [-0.2, -0.15) is 5.10 Å². The number of benzene rings is 1. The summed E-state index contributed by atoms with van der Waals surface area (Å²) < 4.78 is 1.41. The molecule has 0 fully saturated rings. The highest BCUT2D eigenvalue weighted by Crippen LogP contribution is 2.19. The lowest BCUT2D eigenvalue weighted by molar-refractivity contribution is 0.0698. The average molecular weight is 246 g/mol. The van der Waals surface area contributed by atoms with Crippen LogP contribution in [0.15, 0.2) is 30.5 Å². The molecule has 0 aliphatic carbocycles. The first-order valence-electron chi connectivity index (χ1n) is 5.35. The van der Waals surface area contributed by atoms with Gasteiger partial charge in [-0.05, 0) is 24.3 Å². The zero-order valence-electron chi connectivity index (χ0n) is 10.2. The Morgan fingerprint density at radius 1 is 1.33 bits per heavy atom. The summed E-state index contributed by atoms with van der Waals surface area (Å²) in [5, 5.41) is 12.9. The molecule has 6 nitrogen and oxygen atoms in total. The van der Waals surface area contributed by atoms with Gasteiger partial charge in [-0.25, -0.2) is 9.48 Å². The highest BCUT2D eigenvalue weighted by atomic mass is 16.4. The fraction of sp³-hybridized carbons (Fsp3) is 0.167. The number of rotatable bonds is 3. The third-order valence-corrected chi connectivity index (χ3v) is 2.65. The number of carboxylic acid groups (broad SMARTS) is 1. The standard InChI is InChI=1S/C12H14N4O2/c1-15(2)8-3-5-9(6-4-8)16-11(13)10(7-14-16)12(17)18/h3-7H,13H2,1-2H3,(H,17,18). The van der Waals surface area contributed by atoms with Crippen molar-refractivity contribution >= 4 is 17.5 Å². The van der Waals surface area contributed by atoms with Crippen molar-refractivity contribution in [3.63, 3.8) is 0 Å². The number of nitrogen functional groups attached to an aromatic ring is 1. The molecule has 0 amide bonds. The van der Waals surface area contributed by atoms with E-state index in [-0.39, 0.29) is 11.4 Å². The van der Waals surface area contributed by atoms with E-state index in [0.717, 1.165) is 11.4 Å². The highest BCUT2D eigenvalue weighted by Gasteiger charge is 2.14. The fourth-order valence-corrected chi connectivity index (χ4v) is 1.62. The number of nitrogens with zero attached hydrogens (tertiary/aromatic N) is 3. The molecule has 94 valence electrons. The van der Waals surface area contributed by atoms with E-state index in [0.29, 0.717) is 0 Å². The molecule has 3 N–H and O–H groups in total. The molecule has 1 aromatic carbocycles. The van der Waals surface area contributed by atoms with Crippen LogP contribution in [0.3, 0.4) is 0 Å². The van der Waals surface area contributed by atoms with Crippen LogP contribution in [0.2, 0.25) is 0 Å². The molecule has 0 saturated carbocycles. The van der Waals surface area contributed by atoms with E-state index in [1.165, 1.54) is 10.9 Å². The summed E-state index contributed by atoms with van der Waals surface area (Å²) in [4.78, 5) is 12.8. The Morgan fingerprint density at radius 2 is 1.94 bits per heavy atom. The van der Waals surface area contributed by atoms with Crippen LogP contribution in [-0.2, 0) is 0 Å². The van der Waals surface area contributed by atoms with E-state index < -0.39 is 5.97 Å². The molecule has 0 atom stereocenters. The molecule has 0 radical (unpaired) electrons. The van der Waals surface area contributed by atoms with Gasteiger partial charge in [-0.15, -0.1) is 0 Å². The van der Waals surface area contributed by atoms with E-state index >= 15 is 0 Å². The van der Waals surface area contributed by atoms with Crippen LogP contribution < -0.4 is 10.6 Å². The van der Waals surface area contributed by atoms with Crippen LogP contribution >= 0.6 is 0 Å². The zero-order valence-corrected chi connectivity index (χ0v) is 10.2. The molecule has 6 heteroatoms.